The minimum atomic E-state index is -3.14. The molecule has 1 aromatic rings. The Morgan fingerprint density at radius 1 is 1.17 bits per heavy atom. The summed E-state index contributed by atoms with van der Waals surface area (Å²) >= 11 is 0. The van der Waals surface area contributed by atoms with Crippen LogP contribution in [0.2, 0.25) is 0 Å². The molecule has 0 bridgehead atoms. The van der Waals surface area contributed by atoms with E-state index in [1.54, 1.807) is 4.90 Å². The second-order valence-corrected chi connectivity index (χ2v) is 8.28. The number of hydrogen-bond acceptors (Lipinski definition) is 3. The fourth-order valence-electron chi connectivity index (χ4n) is 2.98. The third-order valence-electron chi connectivity index (χ3n) is 4.50. The lowest BCUT2D eigenvalue weighted by molar-refractivity contribution is -0.135. The van der Waals surface area contributed by atoms with E-state index in [0.29, 0.717) is 32.5 Å². The predicted molar refractivity (Wildman–Crippen MR) is 91.4 cm³/mol. The lowest BCUT2D eigenvalue weighted by Crippen LogP contribution is -2.42. The first-order valence-electron chi connectivity index (χ1n) is 8.09. The summed E-state index contributed by atoms with van der Waals surface area (Å²) in [6, 6.07) is 8.32. The molecule has 23 heavy (non-hydrogen) atoms. The molecule has 2 rings (SSSR count). The van der Waals surface area contributed by atoms with Gasteiger partial charge in [-0.1, -0.05) is 31.2 Å². The van der Waals surface area contributed by atoms with E-state index in [-0.39, 0.29) is 11.8 Å². The Kier molecular flexibility index (Phi) is 5.81. The molecule has 1 aromatic carbocycles. The number of benzene rings is 1. The van der Waals surface area contributed by atoms with Crippen LogP contribution in [0.1, 0.15) is 30.9 Å². The summed E-state index contributed by atoms with van der Waals surface area (Å²) < 4.78 is 24.5. The van der Waals surface area contributed by atoms with Gasteiger partial charge in [-0.2, -0.15) is 0 Å². The highest BCUT2D eigenvalue weighted by Gasteiger charge is 2.30. The van der Waals surface area contributed by atoms with Crippen LogP contribution in [0.5, 0.6) is 0 Å². The highest BCUT2D eigenvalue weighted by Crippen LogP contribution is 2.21. The summed E-state index contributed by atoms with van der Waals surface area (Å²) in [5, 5.41) is 0. The highest BCUT2D eigenvalue weighted by molar-refractivity contribution is 7.88. The van der Waals surface area contributed by atoms with Gasteiger partial charge < -0.3 is 4.90 Å². The van der Waals surface area contributed by atoms with Crippen LogP contribution in [0.3, 0.4) is 0 Å². The molecule has 0 aromatic heterocycles. The van der Waals surface area contributed by atoms with E-state index in [1.165, 1.54) is 16.1 Å². The van der Waals surface area contributed by atoms with Gasteiger partial charge in [-0.15, -0.1) is 0 Å². The van der Waals surface area contributed by atoms with Gasteiger partial charge in [0.25, 0.3) is 0 Å². The number of carbonyl (C=O) groups is 1. The first-order valence-corrected chi connectivity index (χ1v) is 9.94. The molecule has 0 atom stereocenters. The molecule has 0 aliphatic carbocycles. The van der Waals surface area contributed by atoms with Gasteiger partial charge in [0, 0.05) is 32.6 Å². The molecule has 5 nitrogen and oxygen atoms in total. The van der Waals surface area contributed by atoms with E-state index < -0.39 is 10.0 Å². The van der Waals surface area contributed by atoms with Crippen molar-refractivity contribution in [1.82, 2.24) is 9.21 Å². The van der Waals surface area contributed by atoms with Crippen molar-refractivity contribution >= 4 is 15.9 Å². The summed E-state index contributed by atoms with van der Waals surface area (Å²) in [4.78, 5) is 14.3. The van der Waals surface area contributed by atoms with Crippen molar-refractivity contribution in [3.8, 4) is 0 Å². The summed E-state index contributed by atoms with van der Waals surface area (Å²) in [6.45, 7) is 3.59. The van der Waals surface area contributed by atoms with Crippen molar-refractivity contribution < 1.29 is 13.2 Å². The number of nitrogens with zero attached hydrogens (tertiary/aromatic N) is 2. The molecule has 0 radical (unpaired) electrons. The lowest BCUT2D eigenvalue weighted by atomic mass is 9.96. The quantitative estimate of drug-likeness (QED) is 0.824. The molecule has 0 unspecified atom stereocenters. The fourth-order valence-corrected chi connectivity index (χ4v) is 3.85. The molecule has 1 aliphatic rings. The zero-order valence-corrected chi connectivity index (χ0v) is 15.0. The van der Waals surface area contributed by atoms with E-state index in [0.717, 1.165) is 12.0 Å². The van der Waals surface area contributed by atoms with Gasteiger partial charge in [0.05, 0.1) is 6.26 Å². The average molecular weight is 338 g/mol. The number of piperidine rings is 1. The summed E-state index contributed by atoms with van der Waals surface area (Å²) in [6.07, 6.45) is 3.44. The van der Waals surface area contributed by atoms with Gasteiger partial charge in [0.1, 0.15) is 0 Å². The largest absolute Gasteiger partial charge is 0.341 e. The molecule has 1 saturated heterocycles. The van der Waals surface area contributed by atoms with Crippen LogP contribution >= 0.6 is 0 Å². The molecule has 0 saturated carbocycles. The first-order chi connectivity index (χ1) is 10.8. The fraction of sp³-hybridized carbons (Fsp3) is 0.588. The molecule has 0 N–H and O–H groups in total. The lowest BCUT2D eigenvalue weighted by Gasteiger charge is -2.31. The smallest absolute Gasteiger partial charge is 0.225 e. The Balaban J connectivity index is 1.90. The maximum absolute atomic E-state index is 12.5. The molecule has 0 spiro atoms. The third-order valence-corrected chi connectivity index (χ3v) is 5.80. The van der Waals surface area contributed by atoms with Crippen LogP contribution in [0.4, 0.5) is 0 Å². The van der Waals surface area contributed by atoms with Crippen molar-refractivity contribution in [3.63, 3.8) is 0 Å². The maximum Gasteiger partial charge on any atom is 0.225 e. The van der Waals surface area contributed by atoms with E-state index in [4.69, 9.17) is 0 Å². The van der Waals surface area contributed by atoms with Gasteiger partial charge in [-0.25, -0.2) is 12.7 Å². The molecule has 6 heteroatoms. The molecule has 128 valence electrons. The topological polar surface area (TPSA) is 57.7 Å². The highest BCUT2D eigenvalue weighted by atomic mass is 32.2. The maximum atomic E-state index is 12.5. The number of rotatable bonds is 5. The zero-order chi connectivity index (χ0) is 17.0. The Bertz CT molecular complexity index is 632. The number of carbonyl (C=O) groups excluding carboxylic acids is 1. The average Bonchev–Trinajstić information content (AvgIpc) is 2.54. The second kappa shape index (κ2) is 7.45. The van der Waals surface area contributed by atoms with E-state index in [9.17, 15) is 13.2 Å². The number of sulfonamides is 1. The number of aryl methyl sites for hydroxylation is 1. The van der Waals surface area contributed by atoms with Crippen LogP contribution in [0, 0.1) is 5.92 Å². The van der Waals surface area contributed by atoms with Crippen molar-refractivity contribution in [2.24, 2.45) is 5.92 Å². The third kappa shape index (κ3) is 4.78. The van der Waals surface area contributed by atoms with Crippen LogP contribution in [-0.4, -0.2) is 49.9 Å². The van der Waals surface area contributed by atoms with Gasteiger partial charge >= 0.3 is 0 Å². The minimum absolute atomic E-state index is 0.0760. The predicted octanol–water partition coefficient (Wildman–Crippen LogP) is 1.88. The molecular weight excluding hydrogens is 312 g/mol. The normalized spacial score (nSPS) is 17.2. The summed E-state index contributed by atoms with van der Waals surface area (Å²) in [5.41, 5.74) is 2.41. The standard InChI is InChI=1S/C17H26N2O3S/c1-4-14-5-7-15(8-6-14)13-18(2)17(20)16-9-11-19(12-10-16)23(3,21)22/h5-8,16H,4,9-13H2,1-3H3. The number of amides is 1. The molecule has 1 aliphatic heterocycles. The second-order valence-electron chi connectivity index (χ2n) is 6.30. The Hall–Kier alpha value is -1.40. The van der Waals surface area contributed by atoms with Crippen LogP contribution in [-0.2, 0) is 27.8 Å². The van der Waals surface area contributed by atoms with E-state index in [2.05, 4.69) is 31.2 Å². The Morgan fingerprint density at radius 2 is 1.70 bits per heavy atom. The molecular formula is C17H26N2O3S. The van der Waals surface area contributed by atoms with Crippen molar-refractivity contribution in [3.05, 3.63) is 35.4 Å². The monoisotopic (exact) mass is 338 g/mol. The van der Waals surface area contributed by atoms with E-state index >= 15 is 0 Å². The van der Waals surface area contributed by atoms with Gasteiger partial charge in [0.2, 0.25) is 15.9 Å². The van der Waals surface area contributed by atoms with Crippen LogP contribution in [0.25, 0.3) is 0 Å². The SMILES string of the molecule is CCc1ccc(CN(C)C(=O)C2CCN(S(C)(=O)=O)CC2)cc1. The number of hydrogen-bond donors (Lipinski definition) is 0. The van der Waals surface area contributed by atoms with Crippen molar-refractivity contribution in [2.75, 3.05) is 26.4 Å². The Morgan fingerprint density at radius 3 is 2.17 bits per heavy atom. The molecule has 1 amide bonds. The van der Waals surface area contributed by atoms with Crippen LogP contribution in [0.15, 0.2) is 24.3 Å². The van der Waals surface area contributed by atoms with Crippen LogP contribution < -0.4 is 0 Å². The minimum Gasteiger partial charge on any atom is -0.341 e. The van der Waals surface area contributed by atoms with Gasteiger partial charge in [-0.05, 0) is 30.4 Å². The summed E-state index contributed by atoms with van der Waals surface area (Å²) in [5.74, 6) is 0.0330. The van der Waals surface area contributed by atoms with Gasteiger partial charge in [-0.3, -0.25) is 4.79 Å². The summed E-state index contributed by atoms with van der Waals surface area (Å²) in [7, 11) is -1.32. The van der Waals surface area contributed by atoms with Crippen molar-refractivity contribution in [2.45, 2.75) is 32.7 Å². The van der Waals surface area contributed by atoms with Crippen molar-refractivity contribution in [1.29, 1.82) is 0 Å². The van der Waals surface area contributed by atoms with E-state index in [1.807, 2.05) is 7.05 Å². The molecule has 1 heterocycles. The zero-order valence-electron chi connectivity index (χ0n) is 14.2. The Labute approximate surface area is 139 Å². The molecule has 1 fully saturated rings. The van der Waals surface area contributed by atoms with Gasteiger partial charge in [0.15, 0.2) is 0 Å². The first kappa shape index (κ1) is 17.9.